The molecule has 0 radical (unpaired) electrons. The van der Waals surface area contributed by atoms with Crippen molar-refractivity contribution in [3.63, 3.8) is 0 Å². The molecule has 0 bridgehead atoms. The number of carbonyl (C=O) groups excluding carboxylic acids is 1. The summed E-state index contributed by atoms with van der Waals surface area (Å²) in [6, 6.07) is 1.43. The maximum atomic E-state index is 12.2. The third-order valence-corrected chi connectivity index (χ3v) is 2.68. The molecule has 0 aliphatic carbocycles. The number of amides is 1. The van der Waals surface area contributed by atoms with Crippen molar-refractivity contribution in [3.05, 3.63) is 24.0 Å². The first-order valence-corrected chi connectivity index (χ1v) is 5.65. The number of nitrogens with zero attached hydrogens (tertiary/aromatic N) is 2. The van der Waals surface area contributed by atoms with Crippen LogP contribution in [0.25, 0.3) is 0 Å². The molecule has 1 aliphatic rings. The van der Waals surface area contributed by atoms with Gasteiger partial charge in [-0.25, -0.2) is 0 Å². The van der Waals surface area contributed by atoms with E-state index in [1.54, 1.807) is 4.90 Å². The van der Waals surface area contributed by atoms with Gasteiger partial charge in [0.25, 0.3) is 5.91 Å². The minimum atomic E-state index is -0.115. The molecule has 5 nitrogen and oxygen atoms in total. The number of aromatic hydroxyl groups is 1. The average molecular weight is 236 g/mol. The smallest absolute Gasteiger partial charge is 0.255 e. The third kappa shape index (κ3) is 2.74. The zero-order valence-corrected chi connectivity index (χ0v) is 9.96. The van der Waals surface area contributed by atoms with Crippen molar-refractivity contribution in [3.8, 4) is 5.75 Å². The van der Waals surface area contributed by atoms with Gasteiger partial charge in [0, 0.05) is 19.3 Å². The van der Waals surface area contributed by atoms with Crippen LogP contribution in [0.1, 0.15) is 24.2 Å². The topological polar surface area (TPSA) is 62.7 Å². The Kier molecular flexibility index (Phi) is 3.28. The lowest BCUT2D eigenvalue weighted by Crippen LogP contribution is -2.48. The fraction of sp³-hybridized carbons (Fsp3) is 0.500. The summed E-state index contributed by atoms with van der Waals surface area (Å²) in [5, 5.41) is 9.31. The van der Waals surface area contributed by atoms with Gasteiger partial charge in [-0.1, -0.05) is 0 Å². The van der Waals surface area contributed by atoms with E-state index in [9.17, 15) is 9.90 Å². The summed E-state index contributed by atoms with van der Waals surface area (Å²) in [4.78, 5) is 17.7. The van der Waals surface area contributed by atoms with Gasteiger partial charge in [-0.05, 0) is 19.9 Å². The second-order valence-corrected chi connectivity index (χ2v) is 4.40. The lowest BCUT2D eigenvalue weighted by atomic mass is 10.2. The van der Waals surface area contributed by atoms with E-state index in [2.05, 4.69) is 4.98 Å². The van der Waals surface area contributed by atoms with Gasteiger partial charge in [0.15, 0.2) is 0 Å². The number of rotatable bonds is 1. The molecule has 0 spiro atoms. The number of aromatic nitrogens is 1. The van der Waals surface area contributed by atoms with Crippen LogP contribution in [0.2, 0.25) is 0 Å². The number of hydrogen-bond donors (Lipinski definition) is 1. The first-order chi connectivity index (χ1) is 8.06. The van der Waals surface area contributed by atoms with Gasteiger partial charge in [0.05, 0.1) is 24.0 Å². The molecule has 2 heterocycles. The van der Waals surface area contributed by atoms with Crippen LogP contribution in [0.5, 0.6) is 5.75 Å². The molecule has 92 valence electrons. The van der Waals surface area contributed by atoms with E-state index in [1.807, 2.05) is 13.8 Å². The van der Waals surface area contributed by atoms with Crippen molar-refractivity contribution in [2.45, 2.75) is 26.1 Å². The molecule has 17 heavy (non-hydrogen) atoms. The fourth-order valence-corrected chi connectivity index (χ4v) is 2.07. The number of morpholine rings is 1. The van der Waals surface area contributed by atoms with E-state index in [-0.39, 0.29) is 23.9 Å². The fourth-order valence-electron chi connectivity index (χ4n) is 2.07. The highest BCUT2D eigenvalue weighted by molar-refractivity contribution is 5.94. The van der Waals surface area contributed by atoms with Gasteiger partial charge in [-0.2, -0.15) is 0 Å². The Morgan fingerprint density at radius 1 is 1.41 bits per heavy atom. The second kappa shape index (κ2) is 4.71. The zero-order chi connectivity index (χ0) is 12.4. The Bertz CT molecular complexity index is 412. The molecule has 1 fully saturated rings. The zero-order valence-electron chi connectivity index (χ0n) is 9.96. The summed E-state index contributed by atoms with van der Waals surface area (Å²) >= 11 is 0. The Labute approximate surface area is 100 Å². The van der Waals surface area contributed by atoms with Gasteiger partial charge >= 0.3 is 0 Å². The highest BCUT2D eigenvalue weighted by Crippen LogP contribution is 2.16. The number of hydrogen-bond acceptors (Lipinski definition) is 4. The van der Waals surface area contributed by atoms with Crippen LogP contribution in [0.15, 0.2) is 18.5 Å². The first-order valence-electron chi connectivity index (χ1n) is 5.65. The maximum Gasteiger partial charge on any atom is 0.255 e. The minimum Gasteiger partial charge on any atom is -0.506 e. The van der Waals surface area contributed by atoms with Crippen molar-refractivity contribution < 1.29 is 14.6 Å². The molecular formula is C12H16N2O3. The summed E-state index contributed by atoms with van der Waals surface area (Å²) in [6.45, 7) is 5.02. The maximum absolute atomic E-state index is 12.2. The lowest BCUT2D eigenvalue weighted by molar-refractivity contribution is -0.0586. The molecule has 2 rings (SSSR count). The van der Waals surface area contributed by atoms with Crippen molar-refractivity contribution in [2.75, 3.05) is 13.1 Å². The van der Waals surface area contributed by atoms with Gasteiger partial charge in [-0.15, -0.1) is 0 Å². The monoisotopic (exact) mass is 236 g/mol. The summed E-state index contributed by atoms with van der Waals surface area (Å²) in [7, 11) is 0. The molecule has 0 aromatic carbocycles. The molecule has 2 atom stereocenters. The van der Waals surface area contributed by atoms with Crippen LogP contribution >= 0.6 is 0 Å². The van der Waals surface area contributed by atoms with Crippen molar-refractivity contribution in [1.29, 1.82) is 0 Å². The quantitative estimate of drug-likeness (QED) is 0.791. The second-order valence-electron chi connectivity index (χ2n) is 4.40. The van der Waals surface area contributed by atoms with E-state index >= 15 is 0 Å². The van der Waals surface area contributed by atoms with E-state index in [0.29, 0.717) is 18.7 Å². The minimum absolute atomic E-state index is 0.00482. The molecule has 1 amide bonds. The predicted molar refractivity (Wildman–Crippen MR) is 61.8 cm³/mol. The molecule has 1 saturated heterocycles. The van der Waals surface area contributed by atoms with Crippen molar-refractivity contribution >= 4 is 5.91 Å². The van der Waals surface area contributed by atoms with Crippen LogP contribution in [0, 0.1) is 0 Å². The van der Waals surface area contributed by atoms with E-state index in [0.717, 1.165) is 0 Å². The highest BCUT2D eigenvalue weighted by atomic mass is 16.5. The summed E-state index contributed by atoms with van der Waals surface area (Å²) in [6.07, 6.45) is 2.84. The highest BCUT2D eigenvalue weighted by Gasteiger charge is 2.26. The van der Waals surface area contributed by atoms with Gasteiger partial charge in [0.1, 0.15) is 5.75 Å². The molecule has 1 N–H and O–H groups in total. The molecule has 1 aromatic heterocycles. The number of carbonyl (C=O) groups is 1. The van der Waals surface area contributed by atoms with Gasteiger partial charge < -0.3 is 14.7 Å². The molecule has 0 saturated carbocycles. The van der Waals surface area contributed by atoms with E-state index < -0.39 is 0 Å². The largest absolute Gasteiger partial charge is 0.506 e. The van der Waals surface area contributed by atoms with Crippen LogP contribution < -0.4 is 0 Å². The normalized spacial score (nSPS) is 24.7. The predicted octanol–water partition coefficient (Wildman–Crippen LogP) is 1.04. The van der Waals surface area contributed by atoms with Gasteiger partial charge in [-0.3, -0.25) is 9.78 Å². The van der Waals surface area contributed by atoms with Crippen LogP contribution in [-0.2, 0) is 4.74 Å². The van der Waals surface area contributed by atoms with Crippen LogP contribution in [0.4, 0.5) is 0 Å². The standard InChI is InChI=1S/C12H16N2O3/c1-8-6-14(7-9(2)17-8)12(16)10-3-11(15)5-13-4-10/h3-5,8-9,15H,6-7H2,1-2H3. The lowest BCUT2D eigenvalue weighted by Gasteiger charge is -2.35. The Balaban J connectivity index is 2.14. The summed E-state index contributed by atoms with van der Waals surface area (Å²) < 4.78 is 5.57. The molecule has 5 heteroatoms. The first kappa shape index (κ1) is 11.9. The molecule has 1 aliphatic heterocycles. The molecule has 1 aromatic rings. The third-order valence-electron chi connectivity index (χ3n) is 2.68. The van der Waals surface area contributed by atoms with Crippen molar-refractivity contribution in [1.82, 2.24) is 9.88 Å². The van der Waals surface area contributed by atoms with Crippen LogP contribution in [-0.4, -0.2) is 46.2 Å². The molecule has 2 unspecified atom stereocenters. The Morgan fingerprint density at radius 2 is 2.06 bits per heavy atom. The van der Waals surface area contributed by atoms with E-state index in [4.69, 9.17) is 4.74 Å². The van der Waals surface area contributed by atoms with Crippen LogP contribution in [0.3, 0.4) is 0 Å². The summed E-state index contributed by atoms with van der Waals surface area (Å²) in [5.41, 5.74) is 0.409. The molecular weight excluding hydrogens is 220 g/mol. The number of ether oxygens (including phenoxy) is 1. The number of pyridine rings is 1. The Morgan fingerprint density at radius 3 is 2.65 bits per heavy atom. The van der Waals surface area contributed by atoms with Crippen molar-refractivity contribution in [2.24, 2.45) is 0 Å². The van der Waals surface area contributed by atoms with E-state index in [1.165, 1.54) is 18.5 Å². The average Bonchev–Trinajstić information content (AvgIpc) is 2.26. The van der Waals surface area contributed by atoms with Gasteiger partial charge in [0.2, 0.25) is 0 Å². The SMILES string of the molecule is CC1CN(C(=O)c2cncc(O)c2)CC(C)O1. The summed E-state index contributed by atoms with van der Waals surface area (Å²) in [5.74, 6) is -0.111. The Hall–Kier alpha value is -1.62.